The quantitative estimate of drug-likeness (QED) is 0.668. The van der Waals surface area contributed by atoms with Crippen molar-refractivity contribution in [2.45, 2.75) is 18.3 Å². The lowest BCUT2D eigenvalue weighted by Gasteiger charge is -2.09. The first-order chi connectivity index (χ1) is 11.4. The van der Waals surface area contributed by atoms with Crippen molar-refractivity contribution in [2.24, 2.45) is 0 Å². The lowest BCUT2D eigenvalue weighted by Crippen LogP contribution is -2.10. The van der Waals surface area contributed by atoms with Gasteiger partial charge in [-0.05, 0) is 29.8 Å². The molecule has 0 aliphatic carbocycles. The van der Waals surface area contributed by atoms with Crippen LogP contribution < -0.4 is 4.89 Å². The number of halogens is 1. The minimum Gasteiger partial charge on any atom is -0.337 e. The maximum atomic E-state index is 12.1. The molecule has 24 heavy (non-hydrogen) atoms. The molecule has 2 aromatic carbocycles. The minimum atomic E-state index is -3.49. The molecule has 1 aliphatic rings. The topological polar surface area (TPSA) is 70.4 Å². The first kappa shape index (κ1) is 15.4. The highest BCUT2D eigenvalue weighted by molar-refractivity contribution is 7.90. The summed E-state index contributed by atoms with van der Waals surface area (Å²) in [5.74, 6) is 0.654. The lowest BCUT2D eigenvalue weighted by atomic mass is 10.1. The largest absolute Gasteiger partial charge is 0.337 e. The highest BCUT2D eigenvalue weighted by Gasteiger charge is 2.21. The van der Waals surface area contributed by atoms with Gasteiger partial charge in [0.05, 0.1) is 17.6 Å². The molecule has 0 saturated carbocycles. The summed E-state index contributed by atoms with van der Waals surface area (Å²) in [7, 11) is -3.49. The van der Waals surface area contributed by atoms with Gasteiger partial charge in [-0.1, -0.05) is 23.7 Å². The number of sulfone groups is 1. The van der Waals surface area contributed by atoms with Crippen LogP contribution in [0.2, 0.25) is 5.02 Å². The second kappa shape index (κ2) is 5.47. The van der Waals surface area contributed by atoms with E-state index in [0.717, 1.165) is 17.4 Å². The van der Waals surface area contributed by atoms with Gasteiger partial charge in [0.15, 0.2) is 5.75 Å². The summed E-state index contributed by atoms with van der Waals surface area (Å²) in [4.78, 5) is 14.3. The van der Waals surface area contributed by atoms with Crippen molar-refractivity contribution >= 4 is 32.5 Å². The van der Waals surface area contributed by atoms with Crippen LogP contribution in [0.1, 0.15) is 11.1 Å². The van der Waals surface area contributed by atoms with E-state index in [1.54, 1.807) is 22.8 Å². The van der Waals surface area contributed by atoms with Crippen LogP contribution >= 0.6 is 11.6 Å². The van der Waals surface area contributed by atoms with E-state index < -0.39 is 9.84 Å². The van der Waals surface area contributed by atoms with Crippen LogP contribution in [0.3, 0.4) is 0 Å². The molecule has 2 heterocycles. The van der Waals surface area contributed by atoms with E-state index in [-0.39, 0.29) is 5.16 Å². The van der Waals surface area contributed by atoms with E-state index >= 15 is 0 Å². The molecule has 0 saturated heterocycles. The van der Waals surface area contributed by atoms with Gasteiger partial charge in [0, 0.05) is 16.8 Å². The molecular formula is C16H13ClN2O4S. The maximum Gasteiger partial charge on any atom is 0.228 e. The molecule has 4 rings (SSSR count). The van der Waals surface area contributed by atoms with Gasteiger partial charge in [0.25, 0.3) is 0 Å². The Morgan fingerprint density at radius 3 is 2.88 bits per heavy atom. The number of nitrogens with zero attached hydrogens (tertiary/aromatic N) is 2. The van der Waals surface area contributed by atoms with Crippen LogP contribution in [-0.2, 0) is 27.9 Å². The second-order valence-electron chi connectivity index (χ2n) is 5.67. The first-order valence-corrected chi connectivity index (χ1v) is 9.46. The Balaban J connectivity index is 1.86. The van der Waals surface area contributed by atoms with Gasteiger partial charge >= 0.3 is 0 Å². The SMILES string of the molecule is CS(=O)(=O)c1nc2cc(Cl)ccc2n1Cc1ccc2c(c1)OOC2. The third-order valence-corrected chi connectivity index (χ3v) is 5.05. The van der Waals surface area contributed by atoms with E-state index in [9.17, 15) is 8.42 Å². The number of rotatable bonds is 3. The molecule has 8 heteroatoms. The fourth-order valence-electron chi connectivity index (χ4n) is 2.75. The third-order valence-electron chi connectivity index (χ3n) is 3.84. The summed E-state index contributed by atoms with van der Waals surface area (Å²) in [5.41, 5.74) is 3.10. The van der Waals surface area contributed by atoms with Gasteiger partial charge in [0.2, 0.25) is 15.0 Å². The van der Waals surface area contributed by atoms with Gasteiger partial charge in [0.1, 0.15) is 6.61 Å². The number of hydrogen-bond acceptors (Lipinski definition) is 5. The van der Waals surface area contributed by atoms with Crippen molar-refractivity contribution < 1.29 is 18.2 Å². The Morgan fingerprint density at radius 1 is 1.25 bits per heavy atom. The maximum absolute atomic E-state index is 12.1. The van der Waals surface area contributed by atoms with Crippen LogP contribution in [0.25, 0.3) is 11.0 Å². The zero-order chi connectivity index (χ0) is 16.9. The normalized spacial score (nSPS) is 13.9. The molecule has 0 N–H and O–H groups in total. The zero-order valence-electron chi connectivity index (χ0n) is 12.7. The molecule has 6 nitrogen and oxygen atoms in total. The van der Waals surface area contributed by atoms with E-state index in [0.29, 0.717) is 35.0 Å². The van der Waals surface area contributed by atoms with Crippen molar-refractivity contribution in [1.29, 1.82) is 0 Å². The van der Waals surface area contributed by atoms with Crippen molar-refractivity contribution in [3.8, 4) is 5.75 Å². The Bertz CT molecular complexity index is 1060. The Hall–Kier alpha value is -2.09. The molecule has 0 bridgehead atoms. The molecule has 0 unspecified atom stereocenters. The number of benzene rings is 2. The standard InChI is InChI=1S/C16H13ClN2O4S/c1-24(20,21)16-18-13-7-12(17)4-5-14(13)19(16)8-10-2-3-11-9-22-23-15(11)6-10/h2-7H,8-9H2,1H3. The Morgan fingerprint density at radius 2 is 2.08 bits per heavy atom. The summed E-state index contributed by atoms with van der Waals surface area (Å²) in [6.45, 7) is 0.758. The number of fused-ring (bicyclic) bond motifs is 2. The molecule has 0 amide bonds. The molecule has 1 aliphatic heterocycles. The van der Waals surface area contributed by atoms with Crippen LogP contribution in [0.15, 0.2) is 41.6 Å². The molecule has 3 aromatic rings. The van der Waals surface area contributed by atoms with Gasteiger partial charge in [-0.25, -0.2) is 13.4 Å². The van der Waals surface area contributed by atoms with Crippen LogP contribution in [0.4, 0.5) is 0 Å². The minimum absolute atomic E-state index is 0.0115. The van der Waals surface area contributed by atoms with Crippen molar-refractivity contribution in [1.82, 2.24) is 9.55 Å². The number of imidazole rings is 1. The van der Waals surface area contributed by atoms with Crippen LogP contribution in [0.5, 0.6) is 5.75 Å². The monoisotopic (exact) mass is 364 g/mol. The predicted molar refractivity (Wildman–Crippen MR) is 88.8 cm³/mol. The van der Waals surface area contributed by atoms with Crippen molar-refractivity contribution in [3.63, 3.8) is 0 Å². The fraction of sp³-hybridized carbons (Fsp3) is 0.188. The second-order valence-corrected chi connectivity index (χ2v) is 8.02. The smallest absolute Gasteiger partial charge is 0.228 e. The van der Waals surface area contributed by atoms with E-state index in [1.165, 1.54) is 0 Å². The van der Waals surface area contributed by atoms with Gasteiger partial charge < -0.3 is 9.45 Å². The van der Waals surface area contributed by atoms with Gasteiger partial charge in [-0.3, -0.25) is 0 Å². The van der Waals surface area contributed by atoms with E-state index in [2.05, 4.69) is 4.98 Å². The molecular weight excluding hydrogens is 352 g/mol. The fourth-order valence-corrected chi connectivity index (χ4v) is 3.74. The van der Waals surface area contributed by atoms with E-state index in [4.69, 9.17) is 21.4 Å². The predicted octanol–water partition coefficient (Wildman–Crippen LogP) is 2.97. The van der Waals surface area contributed by atoms with Crippen molar-refractivity contribution in [2.75, 3.05) is 6.26 Å². The van der Waals surface area contributed by atoms with Crippen LogP contribution in [0, 0.1) is 0 Å². The Kier molecular flexibility index (Phi) is 3.52. The zero-order valence-corrected chi connectivity index (χ0v) is 14.3. The summed E-state index contributed by atoms with van der Waals surface area (Å²) in [6.07, 6.45) is 1.14. The molecule has 0 fully saturated rings. The van der Waals surface area contributed by atoms with Crippen LogP contribution in [-0.4, -0.2) is 24.2 Å². The molecule has 0 atom stereocenters. The molecule has 0 radical (unpaired) electrons. The number of aromatic nitrogens is 2. The summed E-state index contributed by atoms with van der Waals surface area (Å²) in [5, 5.41) is 0.521. The highest BCUT2D eigenvalue weighted by Crippen LogP contribution is 2.29. The van der Waals surface area contributed by atoms with Gasteiger partial charge in [-0.15, -0.1) is 0 Å². The molecule has 1 aromatic heterocycles. The highest BCUT2D eigenvalue weighted by atomic mass is 35.5. The lowest BCUT2D eigenvalue weighted by molar-refractivity contribution is -0.194. The first-order valence-electron chi connectivity index (χ1n) is 7.19. The molecule has 124 valence electrons. The Labute approximate surface area is 143 Å². The van der Waals surface area contributed by atoms with Gasteiger partial charge in [-0.2, -0.15) is 4.89 Å². The summed E-state index contributed by atoms with van der Waals surface area (Å²) in [6, 6.07) is 10.8. The molecule has 0 spiro atoms. The summed E-state index contributed by atoms with van der Waals surface area (Å²) < 4.78 is 25.9. The summed E-state index contributed by atoms with van der Waals surface area (Å²) >= 11 is 5.99. The average molecular weight is 365 g/mol. The average Bonchev–Trinajstić information content (AvgIpc) is 3.11. The van der Waals surface area contributed by atoms with Crippen molar-refractivity contribution in [3.05, 3.63) is 52.5 Å². The number of hydrogen-bond donors (Lipinski definition) is 0. The third kappa shape index (κ3) is 2.64. The van der Waals surface area contributed by atoms with E-state index in [1.807, 2.05) is 18.2 Å².